The number of hydrogen-bond donors (Lipinski definition) is 2. The van der Waals surface area contributed by atoms with E-state index in [0.29, 0.717) is 43.1 Å². The van der Waals surface area contributed by atoms with Crippen molar-refractivity contribution in [3.63, 3.8) is 0 Å². The first-order valence-electron chi connectivity index (χ1n) is 7.90. The van der Waals surface area contributed by atoms with Crippen LogP contribution in [-0.4, -0.2) is 73.3 Å². The molecule has 1 saturated heterocycles. The third kappa shape index (κ3) is 4.40. The first kappa shape index (κ1) is 19.2. The number of amides is 2. The summed E-state index contributed by atoms with van der Waals surface area (Å²) in [6.07, 6.45) is 0. The molecule has 1 unspecified atom stereocenters. The average molecular weight is 411 g/mol. The summed E-state index contributed by atoms with van der Waals surface area (Å²) in [6.45, 7) is 1.60. The number of carbonyl (C=O) groups is 2. The summed E-state index contributed by atoms with van der Waals surface area (Å²) in [7, 11) is 1.41. The predicted molar refractivity (Wildman–Crippen MR) is 99.1 cm³/mol. The molecular weight excluding hydrogens is 394 g/mol. The first-order valence-corrected chi connectivity index (χ1v) is 9.85. The Morgan fingerprint density at radius 3 is 2.44 bits per heavy atom. The van der Waals surface area contributed by atoms with Crippen LogP contribution in [0.25, 0.3) is 0 Å². The van der Waals surface area contributed by atoms with Crippen molar-refractivity contribution in [2.24, 2.45) is 0 Å². The summed E-state index contributed by atoms with van der Waals surface area (Å²) in [4.78, 5) is 28.3. The Morgan fingerprint density at radius 1 is 1.22 bits per heavy atom. The summed E-state index contributed by atoms with van der Waals surface area (Å²) in [6, 6.07) is 4.57. The Morgan fingerprint density at radius 2 is 1.89 bits per heavy atom. The number of nitrogens with zero attached hydrogens (tertiary/aromatic N) is 4. The van der Waals surface area contributed by atoms with Crippen LogP contribution in [0.5, 0.6) is 5.75 Å². The van der Waals surface area contributed by atoms with E-state index < -0.39 is 11.3 Å². The molecule has 2 N–H and O–H groups in total. The molecule has 12 heteroatoms. The number of ether oxygens (including phenoxy) is 1. The molecule has 1 atom stereocenters. The minimum Gasteiger partial charge on any atom is -0.495 e. The van der Waals surface area contributed by atoms with Crippen LogP contribution in [0.1, 0.15) is 20.8 Å². The number of carbonyl (C=O) groups excluding carboxylic acids is 2. The minimum absolute atomic E-state index is 0.190. The van der Waals surface area contributed by atoms with Crippen molar-refractivity contribution in [1.29, 1.82) is 0 Å². The third-order valence-corrected chi connectivity index (χ3v) is 4.98. The Hall–Kier alpha value is -2.57. The lowest BCUT2D eigenvalue weighted by Gasteiger charge is -2.34. The fourth-order valence-corrected chi connectivity index (χ4v) is 3.50. The maximum absolute atomic E-state index is 12.7. The number of rotatable bonds is 5. The highest BCUT2D eigenvalue weighted by Crippen LogP contribution is 2.26. The van der Waals surface area contributed by atoms with Crippen LogP contribution in [0.2, 0.25) is 0 Å². The molecule has 10 nitrogen and oxygen atoms in total. The molecule has 3 rings (SSSR count). The predicted octanol–water partition coefficient (Wildman–Crippen LogP) is 0.694. The van der Waals surface area contributed by atoms with Crippen molar-refractivity contribution in [3.8, 4) is 5.75 Å². The molecule has 1 aromatic carbocycles. The van der Waals surface area contributed by atoms with E-state index in [2.05, 4.69) is 14.3 Å². The molecule has 2 amide bonds. The van der Waals surface area contributed by atoms with E-state index in [-0.39, 0.29) is 17.6 Å². The smallest absolute Gasteiger partial charge is 0.275 e. The zero-order valence-electron chi connectivity index (χ0n) is 14.3. The summed E-state index contributed by atoms with van der Waals surface area (Å²) in [5, 5.41) is 5.38. The van der Waals surface area contributed by atoms with Gasteiger partial charge in [0.1, 0.15) is 5.75 Å². The second-order valence-corrected chi connectivity index (χ2v) is 6.95. The Bertz CT molecular complexity index is 852. The van der Waals surface area contributed by atoms with Gasteiger partial charge in [0.05, 0.1) is 12.8 Å². The van der Waals surface area contributed by atoms with Crippen molar-refractivity contribution in [2.75, 3.05) is 38.0 Å². The van der Waals surface area contributed by atoms with Crippen LogP contribution in [0.3, 0.4) is 0 Å². The molecular formula is C15H17N5O5S2. The van der Waals surface area contributed by atoms with E-state index in [0.717, 1.165) is 11.5 Å². The molecule has 1 aromatic heterocycles. The number of benzene rings is 1. The van der Waals surface area contributed by atoms with E-state index in [9.17, 15) is 13.8 Å². The maximum atomic E-state index is 12.7. The zero-order valence-corrected chi connectivity index (χ0v) is 16.0. The van der Waals surface area contributed by atoms with Gasteiger partial charge in [-0.3, -0.25) is 18.9 Å². The highest BCUT2D eigenvalue weighted by molar-refractivity contribution is 7.80. The molecule has 0 bridgehead atoms. The van der Waals surface area contributed by atoms with Gasteiger partial charge in [-0.25, -0.2) is 4.21 Å². The van der Waals surface area contributed by atoms with Gasteiger partial charge in [0, 0.05) is 37.1 Å². The topological polar surface area (TPSA) is 125 Å². The van der Waals surface area contributed by atoms with Gasteiger partial charge in [0.25, 0.3) is 23.1 Å². The van der Waals surface area contributed by atoms with Gasteiger partial charge in [-0.1, -0.05) is 4.49 Å². The molecule has 1 fully saturated rings. The molecule has 0 aliphatic carbocycles. The van der Waals surface area contributed by atoms with Crippen LogP contribution >= 0.6 is 11.5 Å². The molecule has 27 heavy (non-hydrogen) atoms. The van der Waals surface area contributed by atoms with E-state index in [1.54, 1.807) is 21.2 Å². The van der Waals surface area contributed by atoms with Gasteiger partial charge in [0.15, 0.2) is 5.69 Å². The Kier molecular flexibility index (Phi) is 5.98. The number of anilines is 1. The van der Waals surface area contributed by atoms with E-state index >= 15 is 0 Å². The molecule has 0 spiro atoms. The number of nitrogens with one attached hydrogen (secondary N) is 1. The second kappa shape index (κ2) is 8.41. The average Bonchev–Trinajstić information content (AvgIpc) is 3.21. The summed E-state index contributed by atoms with van der Waals surface area (Å²) < 4.78 is 31.0. The number of piperazine rings is 1. The summed E-state index contributed by atoms with van der Waals surface area (Å²) >= 11 is -1.13. The van der Waals surface area contributed by atoms with Gasteiger partial charge < -0.3 is 14.5 Å². The van der Waals surface area contributed by atoms with Gasteiger partial charge >= 0.3 is 0 Å². The third-order valence-electron chi connectivity index (χ3n) is 4.08. The van der Waals surface area contributed by atoms with Gasteiger partial charge in [0.2, 0.25) is 0 Å². The monoisotopic (exact) mass is 411 g/mol. The molecule has 1 aliphatic heterocycles. The van der Waals surface area contributed by atoms with Gasteiger partial charge in [-0.05, 0) is 29.7 Å². The van der Waals surface area contributed by atoms with Crippen LogP contribution in [0.15, 0.2) is 23.6 Å². The van der Waals surface area contributed by atoms with Crippen molar-refractivity contribution >= 4 is 40.3 Å². The van der Waals surface area contributed by atoms with Crippen molar-refractivity contribution < 1.29 is 23.1 Å². The molecule has 144 valence electrons. The van der Waals surface area contributed by atoms with Gasteiger partial charge in [-0.2, -0.15) is 0 Å². The fourth-order valence-electron chi connectivity index (χ4n) is 2.72. The van der Waals surface area contributed by atoms with Crippen molar-refractivity contribution in [1.82, 2.24) is 19.4 Å². The van der Waals surface area contributed by atoms with Crippen LogP contribution < -0.4 is 9.46 Å². The van der Waals surface area contributed by atoms with E-state index in [1.807, 2.05) is 0 Å². The fraction of sp³-hybridized carbons (Fsp3) is 0.333. The lowest BCUT2D eigenvalue weighted by atomic mass is 10.1. The highest BCUT2D eigenvalue weighted by Gasteiger charge is 2.27. The van der Waals surface area contributed by atoms with E-state index in [4.69, 9.17) is 9.29 Å². The maximum Gasteiger partial charge on any atom is 0.275 e. The summed E-state index contributed by atoms with van der Waals surface area (Å²) in [5.74, 6) is -0.106. The number of methoxy groups -OCH3 is 1. The number of hydrogen-bond acceptors (Lipinski definition) is 7. The number of aromatic nitrogens is 2. The SMILES string of the molecule is COc1cc(C(=O)N2CCN(C(=O)c3csnn3)CC2)ccc1NS(=O)O. The Balaban J connectivity index is 1.65. The normalized spacial score (nSPS) is 15.3. The van der Waals surface area contributed by atoms with Crippen LogP contribution in [-0.2, 0) is 11.3 Å². The standard InChI is InChI=1S/C15H17N5O5S2/c1-25-13-8-10(2-3-11(13)17-27(23)24)14(21)19-4-6-20(7-5-19)15(22)12-9-26-18-16-12/h2-3,8-9,17H,4-7H2,1H3,(H,23,24). The molecule has 0 saturated carbocycles. The summed E-state index contributed by atoms with van der Waals surface area (Å²) in [5.41, 5.74) is 1.01. The first-order chi connectivity index (χ1) is 13.0. The van der Waals surface area contributed by atoms with E-state index in [1.165, 1.54) is 19.2 Å². The van der Waals surface area contributed by atoms with Crippen molar-refractivity contribution in [2.45, 2.75) is 0 Å². The largest absolute Gasteiger partial charge is 0.495 e. The molecule has 1 aliphatic rings. The molecule has 2 aromatic rings. The minimum atomic E-state index is -2.24. The second-order valence-electron chi connectivity index (χ2n) is 5.64. The molecule has 2 heterocycles. The lowest BCUT2D eigenvalue weighted by molar-refractivity contribution is 0.0532. The van der Waals surface area contributed by atoms with Gasteiger partial charge in [-0.15, -0.1) is 5.10 Å². The Labute approximate surface area is 161 Å². The van der Waals surface area contributed by atoms with Crippen LogP contribution in [0.4, 0.5) is 5.69 Å². The zero-order chi connectivity index (χ0) is 19.4. The molecule has 0 radical (unpaired) electrons. The lowest BCUT2D eigenvalue weighted by Crippen LogP contribution is -2.50. The van der Waals surface area contributed by atoms with Crippen molar-refractivity contribution in [3.05, 3.63) is 34.8 Å². The highest BCUT2D eigenvalue weighted by atomic mass is 32.2. The quantitative estimate of drug-likeness (QED) is 0.694. The van der Waals surface area contributed by atoms with Crippen LogP contribution in [0, 0.1) is 0 Å².